The summed E-state index contributed by atoms with van der Waals surface area (Å²) in [6, 6.07) is 17.4. The van der Waals surface area contributed by atoms with Crippen molar-refractivity contribution in [3.63, 3.8) is 0 Å². The summed E-state index contributed by atoms with van der Waals surface area (Å²) in [5.74, 6) is -0.827. The van der Waals surface area contributed by atoms with E-state index in [4.69, 9.17) is 4.74 Å². The molecular weight excluding hydrogens is 416 g/mol. The van der Waals surface area contributed by atoms with Gasteiger partial charge in [0, 0.05) is 24.5 Å². The van der Waals surface area contributed by atoms with Crippen molar-refractivity contribution in [2.24, 2.45) is 0 Å². The third-order valence-electron chi connectivity index (χ3n) is 5.57. The van der Waals surface area contributed by atoms with Crippen molar-refractivity contribution >= 4 is 17.4 Å². The maximum atomic E-state index is 13.2. The summed E-state index contributed by atoms with van der Waals surface area (Å²) >= 11 is 0. The van der Waals surface area contributed by atoms with Gasteiger partial charge in [-0.05, 0) is 67.8 Å². The number of pyridine rings is 1. The van der Waals surface area contributed by atoms with Crippen LogP contribution in [0.4, 0.5) is 0 Å². The van der Waals surface area contributed by atoms with Crippen LogP contribution in [-0.4, -0.2) is 32.8 Å². The zero-order valence-corrected chi connectivity index (χ0v) is 18.9. The SMILES string of the molecule is Cc1cc(/C(O)=C2/C(=O)C(=O)N(Cc3ccncc3)C2c2ccccc2)ccc1OC(C)C. The summed E-state index contributed by atoms with van der Waals surface area (Å²) in [4.78, 5) is 31.8. The van der Waals surface area contributed by atoms with Crippen LogP contribution < -0.4 is 4.74 Å². The van der Waals surface area contributed by atoms with Crippen molar-refractivity contribution < 1.29 is 19.4 Å². The molecule has 0 spiro atoms. The van der Waals surface area contributed by atoms with E-state index in [-0.39, 0.29) is 24.0 Å². The highest BCUT2D eigenvalue weighted by atomic mass is 16.5. The molecule has 2 heterocycles. The number of ether oxygens (including phenoxy) is 1. The molecule has 0 aliphatic carbocycles. The lowest BCUT2D eigenvalue weighted by Crippen LogP contribution is -2.29. The Hall–Kier alpha value is -3.93. The summed E-state index contributed by atoms with van der Waals surface area (Å²) in [7, 11) is 0. The Labute approximate surface area is 193 Å². The molecule has 1 fully saturated rings. The Bertz CT molecular complexity index is 1200. The van der Waals surface area contributed by atoms with Crippen LogP contribution in [0.2, 0.25) is 0 Å². The van der Waals surface area contributed by atoms with Gasteiger partial charge in [-0.3, -0.25) is 14.6 Å². The van der Waals surface area contributed by atoms with Crippen LogP contribution in [0.1, 0.15) is 42.1 Å². The van der Waals surface area contributed by atoms with Crippen LogP contribution in [0.15, 0.2) is 78.6 Å². The second-order valence-electron chi connectivity index (χ2n) is 8.34. The molecule has 0 radical (unpaired) electrons. The number of likely N-dealkylation sites (tertiary alicyclic amines) is 1. The molecule has 3 aromatic rings. The molecule has 4 rings (SSSR count). The van der Waals surface area contributed by atoms with Crippen LogP contribution in [-0.2, 0) is 16.1 Å². The zero-order valence-electron chi connectivity index (χ0n) is 18.9. The lowest BCUT2D eigenvalue weighted by molar-refractivity contribution is -0.140. The first-order chi connectivity index (χ1) is 15.9. The highest BCUT2D eigenvalue weighted by Gasteiger charge is 2.46. The monoisotopic (exact) mass is 442 g/mol. The molecular formula is C27H26N2O4. The van der Waals surface area contributed by atoms with Crippen molar-refractivity contribution in [3.8, 4) is 5.75 Å². The van der Waals surface area contributed by atoms with Gasteiger partial charge < -0.3 is 14.7 Å². The molecule has 6 nitrogen and oxygen atoms in total. The number of rotatable bonds is 6. The smallest absolute Gasteiger partial charge is 0.295 e. The van der Waals surface area contributed by atoms with Gasteiger partial charge in [0.2, 0.25) is 0 Å². The molecule has 1 atom stereocenters. The van der Waals surface area contributed by atoms with Crippen molar-refractivity contribution in [2.75, 3.05) is 0 Å². The zero-order chi connectivity index (χ0) is 23.5. The number of aliphatic hydroxyl groups is 1. The van der Waals surface area contributed by atoms with Gasteiger partial charge in [0.25, 0.3) is 11.7 Å². The van der Waals surface area contributed by atoms with E-state index in [0.717, 1.165) is 16.7 Å². The number of ketones is 1. The number of aliphatic hydroxyl groups excluding tert-OH is 1. The molecule has 1 unspecified atom stereocenters. The minimum absolute atomic E-state index is 0.0136. The van der Waals surface area contributed by atoms with E-state index >= 15 is 0 Å². The quantitative estimate of drug-likeness (QED) is 0.337. The molecule has 1 saturated heterocycles. The minimum atomic E-state index is -0.703. The summed E-state index contributed by atoms with van der Waals surface area (Å²) in [6.45, 7) is 5.99. The Morgan fingerprint density at radius 2 is 1.76 bits per heavy atom. The largest absolute Gasteiger partial charge is 0.507 e. The third kappa shape index (κ3) is 4.51. The molecule has 0 bridgehead atoms. The van der Waals surface area contributed by atoms with E-state index < -0.39 is 17.7 Å². The Balaban J connectivity index is 1.81. The lowest BCUT2D eigenvalue weighted by atomic mass is 9.94. The Kier molecular flexibility index (Phi) is 6.27. The molecule has 1 aliphatic heterocycles. The third-order valence-corrected chi connectivity index (χ3v) is 5.57. The van der Waals surface area contributed by atoms with E-state index in [9.17, 15) is 14.7 Å². The summed E-state index contributed by atoms with van der Waals surface area (Å²) in [6.07, 6.45) is 3.31. The van der Waals surface area contributed by atoms with E-state index in [1.807, 2.05) is 51.1 Å². The first-order valence-corrected chi connectivity index (χ1v) is 10.9. The molecule has 6 heteroatoms. The number of hydrogen-bond donors (Lipinski definition) is 1. The van der Waals surface area contributed by atoms with Gasteiger partial charge in [-0.1, -0.05) is 30.3 Å². The molecule has 168 valence electrons. The predicted octanol–water partition coefficient (Wildman–Crippen LogP) is 4.80. The number of carbonyl (C=O) groups excluding carboxylic acids is 2. The van der Waals surface area contributed by atoms with Gasteiger partial charge >= 0.3 is 0 Å². The lowest BCUT2D eigenvalue weighted by Gasteiger charge is -2.25. The van der Waals surface area contributed by atoms with Crippen molar-refractivity contribution in [1.29, 1.82) is 0 Å². The number of carbonyl (C=O) groups is 2. The predicted molar refractivity (Wildman–Crippen MR) is 125 cm³/mol. The standard InChI is InChI=1S/C27H26N2O4/c1-17(2)33-22-10-9-21(15-18(22)3)25(30)23-24(20-7-5-4-6-8-20)29(27(32)26(23)31)16-19-11-13-28-14-12-19/h4-15,17,24,30H,16H2,1-3H3/b25-23-. The maximum absolute atomic E-state index is 13.2. The normalized spacial score (nSPS) is 17.6. The van der Waals surface area contributed by atoms with Crippen LogP contribution in [0, 0.1) is 6.92 Å². The topological polar surface area (TPSA) is 79.7 Å². The average molecular weight is 443 g/mol. The molecule has 33 heavy (non-hydrogen) atoms. The van der Waals surface area contributed by atoms with Gasteiger partial charge in [-0.25, -0.2) is 0 Å². The van der Waals surface area contributed by atoms with E-state index in [1.54, 1.807) is 42.7 Å². The number of Topliss-reactive ketones (excluding diaryl/α,β-unsaturated/α-hetero) is 1. The number of benzene rings is 2. The van der Waals surface area contributed by atoms with Gasteiger partial charge in [-0.2, -0.15) is 0 Å². The average Bonchev–Trinajstić information content (AvgIpc) is 3.06. The molecule has 1 amide bonds. The maximum Gasteiger partial charge on any atom is 0.295 e. The van der Waals surface area contributed by atoms with Crippen molar-refractivity contribution in [1.82, 2.24) is 9.88 Å². The number of aromatic nitrogens is 1. The Morgan fingerprint density at radius 3 is 2.39 bits per heavy atom. The van der Waals surface area contributed by atoms with Crippen LogP contribution in [0.25, 0.3) is 5.76 Å². The van der Waals surface area contributed by atoms with Crippen LogP contribution in [0.5, 0.6) is 5.75 Å². The van der Waals surface area contributed by atoms with E-state index in [2.05, 4.69) is 4.98 Å². The van der Waals surface area contributed by atoms with Gasteiger partial charge in [0.1, 0.15) is 11.5 Å². The van der Waals surface area contributed by atoms with E-state index in [0.29, 0.717) is 11.3 Å². The number of nitrogens with zero attached hydrogens (tertiary/aromatic N) is 2. The number of aryl methyl sites for hydroxylation is 1. The van der Waals surface area contributed by atoms with Crippen LogP contribution >= 0.6 is 0 Å². The van der Waals surface area contributed by atoms with Gasteiger partial charge in [0.15, 0.2) is 0 Å². The second-order valence-corrected chi connectivity index (χ2v) is 8.34. The first-order valence-electron chi connectivity index (χ1n) is 10.9. The second kappa shape index (κ2) is 9.28. The van der Waals surface area contributed by atoms with Gasteiger partial charge in [-0.15, -0.1) is 0 Å². The first kappa shape index (κ1) is 22.3. The Morgan fingerprint density at radius 1 is 1.06 bits per heavy atom. The molecule has 1 aliphatic rings. The fourth-order valence-electron chi connectivity index (χ4n) is 4.05. The number of amides is 1. The highest BCUT2D eigenvalue weighted by Crippen LogP contribution is 2.40. The summed E-state index contributed by atoms with van der Waals surface area (Å²) < 4.78 is 5.79. The number of hydrogen-bond acceptors (Lipinski definition) is 5. The summed E-state index contributed by atoms with van der Waals surface area (Å²) in [5, 5.41) is 11.3. The van der Waals surface area contributed by atoms with Crippen molar-refractivity contribution in [2.45, 2.75) is 39.5 Å². The molecule has 2 aromatic carbocycles. The van der Waals surface area contributed by atoms with Crippen LogP contribution in [0.3, 0.4) is 0 Å². The fraction of sp³-hybridized carbons (Fsp3) is 0.222. The highest BCUT2D eigenvalue weighted by molar-refractivity contribution is 6.46. The van der Waals surface area contributed by atoms with Crippen molar-refractivity contribution in [3.05, 3.63) is 101 Å². The molecule has 0 saturated carbocycles. The fourth-order valence-corrected chi connectivity index (χ4v) is 4.05. The summed E-state index contributed by atoms with van der Waals surface area (Å²) in [5.41, 5.74) is 2.97. The van der Waals surface area contributed by atoms with Gasteiger partial charge in [0.05, 0.1) is 17.7 Å². The minimum Gasteiger partial charge on any atom is -0.507 e. The van der Waals surface area contributed by atoms with E-state index in [1.165, 1.54) is 4.90 Å². The molecule has 1 N–H and O–H groups in total. The molecule has 1 aromatic heterocycles.